The summed E-state index contributed by atoms with van der Waals surface area (Å²) in [7, 11) is 0. The third kappa shape index (κ3) is 6.65. The summed E-state index contributed by atoms with van der Waals surface area (Å²) >= 11 is 0. The van der Waals surface area contributed by atoms with Crippen LogP contribution in [0.1, 0.15) is 36.8 Å². The van der Waals surface area contributed by atoms with E-state index in [1.54, 1.807) is 0 Å². The molecule has 0 unspecified atom stereocenters. The van der Waals surface area contributed by atoms with Crippen LogP contribution in [0.4, 0.5) is 26.3 Å². The third-order valence-electron chi connectivity index (χ3n) is 2.76. The van der Waals surface area contributed by atoms with E-state index in [0.717, 1.165) is 32.6 Å². The van der Waals surface area contributed by atoms with Gasteiger partial charge in [-0.3, -0.25) is 0 Å². The molecule has 0 amide bonds. The molecule has 0 saturated heterocycles. The highest BCUT2D eigenvalue weighted by Crippen LogP contribution is 2.33. The molecule has 0 radical (unpaired) electrons. The number of aliphatic hydroxyl groups excluding tert-OH is 2. The van der Waals surface area contributed by atoms with E-state index < -0.39 is 34.8 Å². The Morgan fingerprint density at radius 1 is 0.864 bits per heavy atom. The molecule has 2 N–H and O–H groups in total. The smallest absolute Gasteiger partial charge is 0.396 e. The van der Waals surface area contributed by atoms with Crippen LogP contribution in [0.5, 0.6) is 0 Å². The second-order valence-electron chi connectivity index (χ2n) is 4.52. The van der Waals surface area contributed by atoms with Crippen molar-refractivity contribution in [2.45, 2.75) is 38.8 Å². The van der Waals surface area contributed by atoms with E-state index in [9.17, 15) is 26.3 Å². The first-order chi connectivity index (χ1) is 10.2. The van der Waals surface area contributed by atoms with Gasteiger partial charge < -0.3 is 10.2 Å². The van der Waals surface area contributed by atoms with Gasteiger partial charge in [-0.2, -0.15) is 13.2 Å². The number of rotatable bonds is 5. The van der Waals surface area contributed by atoms with Gasteiger partial charge in [0.15, 0.2) is 11.6 Å². The molecule has 0 atom stereocenters. The highest BCUT2D eigenvalue weighted by molar-refractivity contribution is 5.28. The van der Waals surface area contributed by atoms with Gasteiger partial charge in [-0.05, 0) is 25.8 Å². The Kier molecular flexibility index (Phi) is 9.12. The Morgan fingerprint density at radius 3 is 1.68 bits per heavy atom. The van der Waals surface area contributed by atoms with E-state index in [1.165, 1.54) is 0 Å². The molecule has 0 heterocycles. The minimum absolute atomic E-state index is 0.0618. The maximum absolute atomic E-state index is 12.7. The zero-order chi connectivity index (χ0) is 17.3. The van der Waals surface area contributed by atoms with Gasteiger partial charge >= 0.3 is 6.18 Å². The van der Waals surface area contributed by atoms with Gasteiger partial charge in [0.25, 0.3) is 0 Å². The monoisotopic (exact) mass is 332 g/mol. The fourth-order valence-electron chi connectivity index (χ4n) is 1.47. The van der Waals surface area contributed by atoms with Crippen LogP contribution in [0.25, 0.3) is 0 Å². The van der Waals surface area contributed by atoms with E-state index >= 15 is 0 Å². The first-order valence-corrected chi connectivity index (χ1v) is 6.59. The fourth-order valence-corrected chi connectivity index (χ4v) is 1.47. The lowest BCUT2D eigenvalue weighted by molar-refractivity contribution is -0.140. The zero-order valence-corrected chi connectivity index (χ0v) is 12.0. The van der Waals surface area contributed by atoms with Crippen LogP contribution >= 0.6 is 0 Å². The summed E-state index contributed by atoms with van der Waals surface area (Å²) in [6.45, 7) is 1.42. The highest BCUT2D eigenvalue weighted by Gasteiger charge is 2.36. The minimum Gasteiger partial charge on any atom is -0.396 e. The van der Waals surface area contributed by atoms with Crippen molar-refractivity contribution < 1.29 is 36.6 Å². The first-order valence-electron chi connectivity index (χ1n) is 6.59. The molecule has 0 spiro atoms. The number of hydrogen-bond donors (Lipinski definition) is 2. The van der Waals surface area contributed by atoms with Gasteiger partial charge in [-0.1, -0.05) is 12.8 Å². The van der Waals surface area contributed by atoms with Crippen molar-refractivity contribution in [2.75, 3.05) is 13.2 Å². The average Bonchev–Trinajstić information content (AvgIpc) is 2.45. The molecule has 1 rings (SSSR count). The summed E-state index contributed by atoms with van der Waals surface area (Å²) in [5, 5.41) is 16.6. The van der Waals surface area contributed by atoms with Crippen molar-refractivity contribution in [1.82, 2.24) is 0 Å². The molecule has 128 valence electrons. The Bertz CT molecular complexity index is 454. The van der Waals surface area contributed by atoms with Gasteiger partial charge in [0.1, 0.15) is 5.82 Å². The molecule has 1 aromatic carbocycles. The van der Waals surface area contributed by atoms with E-state index in [0.29, 0.717) is 0 Å². The predicted molar refractivity (Wildman–Crippen MR) is 68.7 cm³/mol. The van der Waals surface area contributed by atoms with Crippen LogP contribution in [0.15, 0.2) is 6.07 Å². The largest absolute Gasteiger partial charge is 0.419 e. The van der Waals surface area contributed by atoms with Gasteiger partial charge in [-0.15, -0.1) is 0 Å². The number of halogens is 6. The number of alkyl halides is 3. The van der Waals surface area contributed by atoms with Crippen molar-refractivity contribution in [1.29, 1.82) is 0 Å². The molecule has 1 aromatic rings. The van der Waals surface area contributed by atoms with Gasteiger partial charge in [0.2, 0.25) is 0 Å². The number of unbranched alkanes of at least 4 members (excludes halogenated alkanes) is 3. The van der Waals surface area contributed by atoms with E-state index in [-0.39, 0.29) is 19.3 Å². The Balaban J connectivity index is 0.000000472. The SMILES string of the molecule is Cc1c(F)cc(C(F)(F)F)c(F)c1F.OCCCCCCO. The summed E-state index contributed by atoms with van der Waals surface area (Å²) < 4.78 is 73.9. The van der Waals surface area contributed by atoms with E-state index in [4.69, 9.17) is 10.2 Å². The Morgan fingerprint density at radius 2 is 1.32 bits per heavy atom. The topological polar surface area (TPSA) is 40.5 Å². The predicted octanol–water partition coefficient (Wildman–Crippen LogP) is 3.96. The number of benzene rings is 1. The van der Waals surface area contributed by atoms with Crippen molar-refractivity contribution in [3.63, 3.8) is 0 Å². The zero-order valence-electron chi connectivity index (χ0n) is 12.0. The summed E-state index contributed by atoms with van der Waals surface area (Å²) in [6.07, 6.45) is -1.27. The third-order valence-corrected chi connectivity index (χ3v) is 2.76. The van der Waals surface area contributed by atoms with Crippen LogP contribution in [-0.4, -0.2) is 23.4 Å². The van der Waals surface area contributed by atoms with Crippen molar-refractivity contribution >= 4 is 0 Å². The number of hydrogen-bond acceptors (Lipinski definition) is 2. The normalized spacial score (nSPS) is 11.1. The van der Waals surface area contributed by atoms with Crippen LogP contribution in [0, 0.1) is 24.4 Å². The van der Waals surface area contributed by atoms with E-state index in [2.05, 4.69) is 0 Å². The lowest BCUT2D eigenvalue weighted by Gasteiger charge is -2.10. The van der Waals surface area contributed by atoms with Crippen LogP contribution < -0.4 is 0 Å². The number of aliphatic hydroxyl groups is 2. The molecule has 0 aliphatic heterocycles. The lowest BCUT2D eigenvalue weighted by Crippen LogP contribution is -2.11. The molecule has 8 heteroatoms. The first kappa shape index (κ1) is 20.7. The van der Waals surface area contributed by atoms with Crippen LogP contribution in [0.3, 0.4) is 0 Å². The quantitative estimate of drug-likeness (QED) is 0.487. The van der Waals surface area contributed by atoms with Gasteiger partial charge in [-0.25, -0.2) is 13.2 Å². The summed E-state index contributed by atoms with van der Waals surface area (Å²) in [4.78, 5) is 0. The molecule has 0 fully saturated rings. The van der Waals surface area contributed by atoms with Crippen molar-refractivity contribution in [2.24, 2.45) is 0 Å². The average molecular weight is 332 g/mol. The molecule has 0 aromatic heterocycles. The summed E-state index contributed by atoms with van der Waals surface area (Å²) in [6, 6.07) is -0.0618. The molecule has 0 aliphatic carbocycles. The minimum atomic E-state index is -5.10. The highest BCUT2D eigenvalue weighted by atomic mass is 19.4. The maximum Gasteiger partial charge on any atom is 0.419 e. The maximum atomic E-state index is 12.7. The van der Waals surface area contributed by atoms with Crippen molar-refractivity contribution in [3.8, 4) is 0 Å². The lowest BCUT2D eigenvalue weighted by atomic mass is 10.1. The second kappa shape index (κ2) is 9.68. The molecule has 22 heavy (non-hydrogen) atoms. The molecule has 0 saturated carbocycles. The second-order valence-corrected chi connectivity index (χ2v) is 4.52. The molecule has 0 bridgehead atoms. The van der Waals surface area contributed by atoms with Gasteiger partial charge in [0, 0.05) is 18.8 Å². The van der Waals surface area contributed by atoms with Crippen molar-refractivity contribution in [3.05, 3.63) is 34.6 Å². The summed E-state index contributed by atoms with van der Waals surface area (Å²) in [5.74, 6) is -5.30. The van der Waals surface area contributed by atoms with E-state index in [1.807, 2.05) is 0 Å². The standard InChI is InChI=1S/C8H4F6.C6H14O2/c1-3-5(9)2-4(8(12,13)14)7(11)6(3)10;7-5-3-1-2-4-6-8/h2H,1H3;7-8H,1-6H2. The Hall–Kier alpha value is -1.28. The molecular formula is C14H18F6O2. The molecular weight excluding hydrogens is 314 g/mol. The molecule has 0 aliphatic rings. The van der Waals surface area contributed by atoms with Gasteiger partial charge in [0.05, 0.1) is 5.56 Å². The van der Waals surface area contributed by atoms with Crippen LogP contribution in [0.2, 0.25) is 0 Å². The van der Waals surface area contributed by atoms with Crippen LogP contribution in [-0.2, 0) is 6.18 Å². The molecule has 2 nitrogen and oxygen atoms in total. The summed E-state index contributed by atoms with van der Waals surface area (Å²) in [5.41, 5.74) is -2.70. The Labute approximate surface area is 124 Å². The fraction of sp³-hybridized carbons (Fsp3) is 0.571.